The number of fused-ring (bicyclic) bond motifs is 3. The zero-order valence-electron chi connectivity index (χ0n) is 24.5. The SMILES string of the molecule is C=CC(=O)N1CCN(c2nc(OC[C@@]34CCCN3C[C@H](F)C4)nc3c(F)c(-c4cccc5scc(F)c45)ccc23)C[C@@H]1CC#N. The molecule has 0 spiro atoms. The molecule has 2 aromatic carbocycles. The third-order valence-electron chi connectivity index (χ3n) is 9.41. The second kappa shape index (κ2) is 11.6. The number of aromatic nitrogens is 2. The van der Waals surface area contributed by atoms with Crippen molar-refractivity contribution in [3.05, 3.63) is 60.0 Å². The van der Waals surface area contributed by atoms with Crippen molar-refractivity contribution in [1.29, 1.82) is 5.26 Å². The number of nitriles is 1. The number of thiophene rings is 1. The van der Waals surface area contributed by atoms with Gasteiger partial charge in [0, 0.05) is 59.0 Å². The van der Waals surface area contributed by atoms with Crippen molar-refractivity contribution in [2.75, 3.05) is 44.2 Å². The average Bonchev–Trinajstić information content (AvgIpc) is 3.71. The maximum atomic E-state index is 16.6. The van der Waals surface area contributed by atoms with Gasteiger partial charge in [0.15, 0.2) is 5.82 Å². The molecule has 3 fully saturated rings. The quantitative estimate of drug-likeness (QED) is 0.236. The first kappa shape index (κ1) is 29.5. The molecule has 3 aliphatic rings. The molecule has 0 bridgehead atoms. The number of carbonyl (C=O) groups is 1. The van der Waals surface area contributed by atoms with Crippen LogP contribution in [0.4, 0.5) is 19.0 Å². The number of halogens is 3. The number of nitrogens with zero attached hydrogens (tertiary/aromatic N) is 6. The highest BCUT2D eigenvalue weighted by atomic mass is 32.1. The summed E-state index contributed by atoms with van der Waals surface area (Å²) >= 11 is 1.25. The Labute approximate surface area is 262 Å². The molecule has 4 aromatic rings. The van der Waals surface area contributed by atoms with E-state index in [0.717, 1.165) is 19.4 Å². The van der Waals surface area contributed by atoms with Gasteiger partial charge in [0.05, 0.1) is 24.1 Å². The fourth-order valence-electron chi connectivity index (χ4n) is 7.30. The van der Waals surface area contributed by atoms with Gasteiger partial charge in [-0.3, -0.25) is 9.69 Å². The minimum Gasteiger partial charge on any atom is -0.461 e. The Morgan fingerprint density at radius 3 is 2.87 bits per heavy atom. The molecule has 0 saturated carbocycles. The van der Waals surface area contributed by atoms with E-state index in [4.69, 9.17) is 9.72 Å². The lowest BCUT2D eigenvalue weighted by atomic mass is 9.95. The lowest BCUT2D eigenvalue weighted by Gasteiger charge is -2.41. The smallest absolute Gasteiger partial charge is 0.319 e. The summed E-state index contributed by atoms with van der Waals surface area (Å²) in [6, 6.07) is 10.3. The zero-order chi connectivity index (χ0) is 31.3. The normalized spacial score (nSPS) is 23.4. The molecular formula is C33H31F3N6O2S. The largest absolute Gasteiger partial charge is 0.461 e. The van der Waals surface area contributed by atoms with Crippen LogP contribution in [-0.2, 0) is 4.79 Å². The van der Waals surface area contributed by atoms with Crippen molar-refractivity contribution in [1.82, 2.24) is 19.8 Å². The van der Waals surface area contributed by atoms with E-state index in [0.29, 0.717) is 52.9 Å². The van der Waals surface area contributed by atoms with Crippen molar-refractivity contribution >= 4 is 44.1 Å². The third kappa shape index (κ3) is 5.08. The molecule has 0 unspecified atom stereocenters. The number of benzene rings is 2. The van der Waals surface area contributed by atoms with Gasteiger partial charge >= 0.3 is 6.01 Å². The van der Waals surface area contributed by atoms with Crippen LogP contribution >= 0.6 is 11.3 Å². The third-order valence-corrected chi connectivity index (χ3v) is 10.3. The van der Waals surface area contributed by atoms with Crippen molar-refractivity contribution in [3.8, 4) is 23.2 Å². The van der Waals surface area contributed by atoms with Crippen LogP contribution < -0.4 is 9.64 Å². The molecule has 1 amide bonds. The summed E-state index contributed by atoms with van der Waals surface area (Å²) in [6.45, 7) is 5.88. The molecule has 12 heteroatoms. The van der Waals surface area contributed by atoms with E-state index < -0.39 is 29.4 Å². The maximum absolute atomic E-state index is 16.6. The first-order chi connectivity index (χ1) is 21.8. The molecule has 5 heterocycles. The average molecular weight is 633 g/mol. The van der Waals surface area contributed by atoms with Crippen LogP contribution in [0, 0.1) is 23.0 Å². The molecule has 3 aliphatic heterocycles. The van der Waals surface area contributed by atoms with Gasteiger partial charge in [-0.05, 0) is 43.2 Å². The minimum atomic E-state index is -0.936. The highest BCUT2D eigenvalue weighted by Gasteiger charge is 2.49. The number of hydrogen-bond acceptors (Lipinski definition) is 8. The Balaban J connectivity index is 1.32. The number of hydrogen-bond donors (Lipinski definition) is 0. The van der Waals surface area contributed by atoms with Gasteiger partial charge in [-0.1, -0.05) is 24.8 Å². The van der Waals surface area contributed by atoms with Crippen molar-refractivity contribution in [2.24, 2.45) is 0 Å². The van der Waals surface area contributed by atoms with Gasteiger partial charge in [-0.15, -0.1) is 11.3 Å². The van der Waals surface area contributed by atoms with E-state index in [1.54, 1.807) is 35.2 Å². The summed E-state index contributed by atoms with van der Waals surface area (Å²) in [5.41, 5.74) is 0.164. The monoisotopic (exact) mass is 632 g/mol. The molecule has 232 valence electrons. The van der Waals surface area contributed by atoms with Crippen molar-refractivity contribution in [2.45, 2.75) is 43.4 Å². The predicted molar refractivity (Wildman–Crippen MR) is 167 cm³/mol. The number of amides is 1. The summed E-state index contributed by atoms with van der Waals surface area (Å²) < 4.78 is 52.8. The highest BCUT2D eigenvalue weighted by molar-refractivity contribution is 7.17. The Morgan fingerprint density at radius 2 is 2.04 bits per heavy atom. The van der Waals surface area contributed by atoms with E-state index in [9.17, 15) is 18.8 Å². The molecule has 0 aliphatic carbocycles. The molecule has 3 saturated heterocycles. The summed E-state index contributed by atoms with van der Waals surface area (Å²) in [5.74, 6) is -0.917. The lowest BCUT2D eigenvalue weighted by molar-refractivity contribution is -0.128. The highest BCUT2D eigenvalue weighted by Crippen LogP contribution is 2.42. The van der Waals surface area contributed by atoms with Gasteiger partial charge < -0.3 is 14.5 Å². The minimum absolute atomic E-state index is 0.0112. The van der Waals surface area contributed by atoms with Crippen LogP contribution in [0.5, 0.6) is 6.01 Å². The molecule has 45 heavy (non-hydrogen) atoms. The van der Waals surface area contributed by atoms with Gasteiger partial charge in [0.2, 0.25) is 5.91 Å². The molecular weight excluding hydrogens is 601 g/mol. The number of piperazine rings is 1. The van der Waals surface area contributed by atoms with Crippen LogP contribution in [0.3, 0.4) is 0 Å². The fourth-order valence-corrected chi connectivity index (χ4v) is 8.13. The Kier molecular flexibility index (Phi) is 7.61. The lowest BCUT2D eigenvalue weighted by Crippen LogP contribution is -2.55. The predicted octanol–water partition coefficient (Wildman–Crippen LogP) is 5.86. The molecule has 3 atom stereocenters. The first-order valence-electron chi connectivity index (χ1n) is 15.0. The molecule has 0 N–H and O–H groups in total. The molecule has 0 radical (unpaired) electrons. The molecule has 8 nitrogen and oxygen atoms in total. The number of rotatable bonds is 7. The summed E-state index contributed by atoms with van der Waals surface area (Å²) in [5, 5.41) is 11.7. The van der Waals surface area contributed by atoms with Gasteiger partial charge in [-0.2, -0.15) is 15.2 Å². The summed E-state index contributed by atoms with van der Waals surface area (Å²) in [6.07, 6.45) is 2.48. The second-order valence-electron chi connectivity index (χ2n) is 12.0. The van der Waals surface area contributed by atoms with E-state index in [1.807, 2.05) is 4.90 Å². The summed E-state index contributed by atoms with van der Waals surface area (Å²) in [4.78, 5) is 27.5. The van der Waals surface area contributed by atoms with Gasteiger partial charge in [0.25, 0.3) is 0 Å². The van der Waals surface area contributed by atoms with E-state index in [-0.39, 0.29) is 42.6 Å². The Bertz CT molecular complexity index is 1860. The standard InChI is InChI=1S/C33H31F3N6O2S/c1-2-27(43)42-14-13-40(17-21(42)9-11-37)31-24-8-7-23(22-5-3-6-26-28(22)25(35)18-45-26)29(36)30(24)38-32(39-31)44-19-33-10-4-12-41(33)16-20(34)15-33/h2-3,5-8,18,20-21H,1,4,9-10,12-17,19H2/t20-,21+,33+/m1/s1. The maximum Gasteiger partial charge on any atom is 0.319 e. The number of alkyl halides is 1. The molecule has 7 rings (SSSR count). The number of ether oxygens (including phenoxy) is 1. The van der Waals surface area contributed by atoms with Crippen LogP contribution in [0.15, 0.2) is 48.4 Å². The van der Waals surface area contributed by atoms with Crippen LogP contribution in [0.25, 0.3) is 32.1 Å². The molecule has 2 aromatic heterocycles. The van der Waals surface area contributed by atoms with E-state index in [2.05, 4.69) is 22.5 Å². The number of carbonyl (C=O) groups excluding carboxylic acids is 1. The zero-order valence-corrected chi connectivity index (χ0v) is 25.3. The fraction of sp³-hybridized carbons (Fsp3) is 0.394. The topological polar surface area (TPSA) is 85.6 Å². The van der Waals surface area contributed by atoms with Gasteiger partial charge in [-0.25, -0.2) is 13.2 Å². The second-order valence-corrected chi connectivity index (χ2v) is 12.9. The van der Waals surface area contributed by atoms with Crippen molar-refractivity contribution < 1.29 is 22.7 Å². The van der Waals surface area contributed by atoms with Crippen LogP contribution in [0.1, 0.15) is 25.7 Å². The van der Waals surface area contributed by atoms with E-state index >= 15 is 4.39 Å². The van der Waals surface area contributed by atoms with E-state index in [1.165, 1.54) is 22.8 Å². The Morgan fingerprint density at radius 1 is 1.18 bits per heavy atom. The first-order valence-corrected chi connectivity index (χ1v) is 15.9. The van der Waals surface area contributed by atoms with Crippen molar-refractivity contribution in [3.63, 3.8) is 0 Å². The summed E-state index contributed by atoms with van der Waals surface area (Å²) in [7, 11) is 0. The number of anilines is 1. The van der Waals surface area contributed by atoms with Crippen LogP contribution in [-0.4, -0.2) is 82.8 Å². The van der Waals surface area contributed by atoms with Gasteiger partial charge in [0.1, 0.15) is 29.9 Å². The van der Waals surface area contributed by atoms with Crippen LogP contribution in [0.2, 0.25) is 0 Å². The Hall–Kier alpha value is -4.21.